The lowest BCUT2D eigenvalue weighted by molar-refractivity contribution is 0.601. The van der Waals surface area contributed by atoms with E-state index in [-0.39, 0.29) is 0 Å². The first-order chi connectivity index (χ1) is 8.20. The maximum absolute atomic E-state index is 4.14. The molecule has 1 aromatic heterocycles. The molecule has 0 aliphatic heterocycles. The molecule has 0 fully saturated rings. The first-order valence-corrected chi connectivity index (χ1v) is 6.70. The number of hydrogen-bond acceptors (Lipinski definition) is 3. The zero-order chi connectivity index (χ0) is 12.3. The van der Waals surface area contributed by atoms with E-state index >= 15 is 0 Å². The van der Waals surface area contributed by atoms with Crippen molar-refractivity contribution in [2.45, 2.75) is 26.3 Å². The van der Waals surface area contributed by atoms with Crippen LogP contribution < -0.4 is 5.32 Å². The second kappa shape index (κ2) is 5.43. The van der Waals surface area contributed by atoms with Crippen molar-refractivity contribution in [3.05, 3.63) is 51.5 Å². The fraction of sp³-hybridized carbons (Fsp3) is 0.357. The van der Waals surface area contributed by atoms with Gasteiger partial charge in [-0.15, -0.1) is 11.3 Å². The third kappa shape index (κ3) is 2.93. The van der Waals surface area contributed by atoms with Gasteiger partial charge >= 0.3 is 0 Å². The van der Waals surface area contributed by atoms with Crippen molar-refractivity contribution in [2.24, 2.45) is 0 Å². The van der Waals surface area contributed by atoms with Gasteiger partial charge in [0.25, 0.3) is 0 Å². The van der Waals surface area contributed by atoms with Crippen molar-refractivity contribution in [3.63, 3.8) is 0 Å². The Morgan fingerprint density at radius 1 is 1.29 bits per heavy atom. The van der Waals surface area contributed by atoms with E-state index in [2.05, 4.69) is 42.3 Å². The summed E-state index contributed by atoms with van der Waals surface area (Å²) in [5.74, 6) is 0. The lowest BCUT2D eigenvalue weighted by Crippen LogP contribution is -2.17. The van der Waals surface area contributed by atoms with Crippen LogP contribution in [-0.2, 0) is 6.42 Å². The summed E-state index contributed by atoms with van der Waals surface area (Å²) in [5, 5.41) is 3.36. The van der Waals surface area contributed by atoms with Crippen LogP contribution in [0.4, 0.5) is 0 Å². The Labute approximate surface area is 107 Å². The lowest BCUT2D eigenvalue weighted by atomic mass is 10.0. The molecule has 0 saturated carbocycles. The summed E-state index contributed by atoms with van der Waals surface area (Å²) in [5.41, 5.74) is 5.98. The van der Waals surface area contributed by atoms with Crippen molar-refractivity contribution in [1.29, 1.82) is 0 Å². The number of thiazole rings is 1. The Kier molecular flexibility index (Phi) is 3.92. The standard InChI is InChI=1S/C14H18N2S/c1-10-4-5-12(6-11(10)2)7-13(15-3)14-8-16-9-17-14/h4-6,8-9,13,15H,7H2,1-3H3. The van der Waals surface area contributed by atoms with Gasteiger partial charge in [-0.05, 0) is 44.0 Å². The first-order valence-electron chi connectivity index (χ1n) is 5.82. The molecule has 0 saturated heterocycles. The van der Waals surface area contributed by atoms with Gasteiger partial charge in [-0.1, -0.05) is 18.2 Å². The van der Waals surface area contributed by atoms with Crippen LogP contribution in [0.3, 0.4) is 0 Å². The van der Waals surface area contributed by atoms with E-state index in [4.69, 9.17) is 0 Å². The van der Waals surface area contributed by atoms with E-state index in [0.29, 0.717) is 6.04 Å². The molecule has 0 aliphatic rings. The van der Waals surface area contributed by atoms with Crippen LogP contribution in [0.5, 0.6) is 0 Å². The lowest BCUT2D eigenvalue weighted by Gasteiger charge is -2.14. The van der Waals surface area contributed by atoms with Gasteiger partial charge in [0, 0.05) is 17.1 Å². The molecule has 0 radical (unpaired) electrons. The van der Waals surface area contributed by atoms with Crippen molar-refractivity contribution in [2.75, 3.05) is 7.05 Å². The van der Waals surface area contributed by atoms with Gasteiger partial charge in [-0.2, -0.15) is 0 Å². The number of benzene rings is 1. The Morgan fingerprint density at radius 2 is 2.12 bits per heavy atom. The molecule has 2 rings (SSSR count). The highest BCUT2D eigenvalue weighted by molar-refractivity contribution is 7.09. The maximum atomic E-state index is 4.14. The van der Waals surface area contributed by atoms with Gasteiger partial charge < -0.3 is 5.32 Å². The summed E-state index contributed by atoms with van der Waals surface area (Å²) in [6, 6.07) is 7.06. The van der Waals surface area contributed by atoms with Crippen LogP contribution in [0.2, 0.25) is 0 Å². The number of hydrogen-bond donors (Lipinski definition) is 1. The molecule has 2 nitrogen and oxygen atoms in total. The molecule has 0 amide bonds. The molecule has 1 unspecified atom stereocenters. The molecule has 1 N–H and O–H groups in total. The fourth-order valence-corrected chi connectivity index (χ4v) is 2.64. The molecule has 0 spiro atoms. The third-order valence-corrected chi connectivity index (χ3v) is 4.04. The Balaban J connectivity index is 2.16. The molecule has 3 heteroatoms. The van der Waals surface area contributed by atoms with E-state index in [9.17, 15) is 0 Å². The number of rotatable bonds is 4. The van der Waals surface area contributed by atoms with Gasteiger partial charge in [0.1, 0.15) is 0 Å². The number of nitrogens with zero attached hydrogens (tertiary/aromatic N) is 1. The largest absolute Gasteiger partial charge is 0.312 e. The van der Waals surface area contributed by atoms with Crippen LogP contribution in [0.25, 0.3) is 0 Å². The van der Waals surface area contributed by atoms with Crippen molar-refractivity contribution >= 4 is 11.3 Å². The monoisotopic (exact) mass is 246 g/mol. The SMILES string of the molecule is CNC(Cc1ccc(C)c(C)c1)c1cncs1. The molecular formula is C14H18N2S. The average molecular weight is 246 g/mol. The number of aromatic nitrogens is 1. The van der Waals surface area contributed by atoms with Gasteiger partial charge in [-0.3, -0.25) is 4.98 Å². The highest BCUT2D eigenvalue weighted by atomic mass is 32.1. The summed E-state index contributed by atoms with van der Waals surface area (Å²) in [7, 11) is 2.01. The Bertz CT molecular complexity index is 477. The van der Waals surface area contributed by atoms with Crippen LogP contribution in [0.1, 0.15) is 27.6 Å². The fourth-order valence-electron chi connectivity index (χ4n) is 1.91. The van der Waals surface area contributed by atoms with Gasteiger partial charge in [0.2, 0.25) is 0 Å². The number of likely N-dealkylation sites (N-methyl/N-ethyl adjacent to an activating group) is 1. The molecule has 0 aliphatic carbocycles. The minimum atomic E-state index is 0.365. The molecule has 0 bridgehead atoms. The first kappa shape index (κ1) is 12.3. The highest BCUT2D eigenvalue weighted by Gasteiger charge is 2.11. The summed E-state index contributed by atoms with van der Waals surface area (Å²) < 4.78 is 0. The molecular weight excluding hydrogens is 228 g/mol. The van der Waals surface area contributed by atoms with Crippen LogP contribution in [-0.4, -0.2) is 12.0 Å². The Morgan fingerprint density at radius 3 is 2.71 bits per heavy atom. The predicted molar refractivity (Wildman–Crippen MR) is 73.5 cm³/mol. The maximum Gasteiger partial charge on any atom is 0.0794 e. The second-order valence-corrected chi connectivity index (χ2v) is 5.29. The van der Waals surface area contributed by atoms with Gasteiger partial charge in [-0.25, -0.2) is 0 Å². The van der Waals surface area contributed by atoms with Crippen LogP contribution in [0.15, 0.2) is 29.9 Å². The quantitative estimate of drug-likeness (QED) is 0.895. The van der Waals surface area contributed by atoms with Gasteiger partial charge in [0.05, 0.1) is 5.51 Å². The predicted octanol–water partition coefficient (Wildman–Crippen LogP) is 3.26. The summed E-state index contributed by atoms with van der Waals surface area (Å²) >= 11 is 1.71. The third-order valence-electron chi connectivity index (χ3n) is 3.15. The van der Waals surface area contributed by atoms with Crippen molar-refractivity contribution in [1.82, 2.24) is 10.3 Å². The normalized spacial score (nSPS) is 12.6. The molecule has 1 heterocycles. The van der Waals surface area contributed by atoms with Crippen molar-refractivity contribution in [3.8, 4) is 0 Å². The topological polar surface area (TPSA) is 24.9 Å². The number of nitrogens with one attached hydrogen (secondary N) is 1. The highest BCUT2D eigenvalue weighted by Crippen LogP contribution is 2.22. The minimum absolute atomic E-state index is 0.365. The summed E-state index contributed by atoms with van der Waals surface area (Å²) in [4.78, 5) is 5.44. The molecule has 17 heavy (non-hydrogen) atoms. The Hall–Kier alpha value is -1.19. The second-order valence-electron chi connectivity index (χ2n) is 4.37. The van der Waals surface area contributed by atoms with Crippen LogP contribution >= 0.6 is 11.3 Å². The number of aryl methyl sites for hydroxylation is 2. The molecule has 1 aromatic carbocycles. The zero-order valence-electron chi connectivity index (χ0n) is 10.5. The molecule has 2 aromatic rings. The summed E-state index contributed by atoms with van der Waals surface area (Å²) in [6.07, 6.45) is 2.96. The van der Waals surface area contributed by atoms with Gasteiger partial charge in [0.15, 0.2) is 0 Å². The van der Waals surface area contributed by atoms with Crippen molar-refractivity contribution < 1.29 is 0 Å². The zero-order valence-corrected chi connectivity index (χ0v) is 11.3. The average Bonchev–Trinajstić information content (AvgIpc) is 2.84. The smallest absolute Gasteiger partial charge is 0.0794 e. The summed E-state index contributed by atoms with van der Waals surface area (Å²) in [6.45, 7) is 4.32. The molecule has 90 valence electrons. The van der Waals surface area contributed by atoms with E-state index in [1.54, 1.807) is 11.3 Å². The van der Waals surface area contributed by atoms with E-state index in [1.165, 1.54) is 21.6 Å². The van der Waals surface area contributed by atoms with Crippen LogP contribution in [0, 0.1) is 13.8 Å². The van der Waals surface area contributed by atoms with E-state index < -0.39 is 0 Å². The minimum Gasteiger partial charge on any atom is -0.312 e. The van der Waals surface area contributed by atoms with E-state index in [0.717, 1.165) is 6.42 Å². The van der Waals surface area contributed by atoms with E-state index in [1.807, 2.05) is 18.8 Å². The molecule has 1 atom stereocenters.